The SMILES string of the molecule is CC(C)(C)[NH-].C[C-](C)c1ccccc1C1=CC=CC1.Cl.Cl.[Ti+2]. The number of hydrogen-bond acceptors (Lipinski definition) is 0. The number of nitrogens with one attached hydrogen (secondary N) is 1. The van der Waals surface area contributed by atoms with Gasteiger partial charge in [-0.2, -0.15) is 17.5 Å². The van der Waals surface area contributed by atoms with Crippen LogP contribution in [-0.2, 0) is 21.7 Å². The fourth-order valence-electron chi connectivity index (χ4n) is 1.85. The van der Waals surface area contributed by atoms with E-state index in [9.17, 15) is 0 Å². The Kier molecular flexibility index (Phi) is 14.9. The van der Waals surface area contributed by atoms with Gasteiger partial charge in [0.05, 0.1) is 0 Å². The molecule has 0 fully saturated rings. The Hall–Kier alpha value is -0.176. The van der Waals surface area contributed by atoms with Gasteiger partial charge in [0.1, 0.15) is 0 Å². The Morgan fingerprint density at radius 3 is 1.95 bits per heavy atom. The second-order valence-corrected chi connectivity index (χ2v) is 6.12. The predicted octanol–water partition coefficient (Wildman–Crippen LogP) is 6.67. The van der Waals surface area contributed by atoms with Crippen LogP contribution in [0.1, 0.15) is 52.2 Å². The summed E-state index contributed by atoms with van der Waals surface area (Å²) in [5, 5.41) is 0. The third-order valence-corrected chi connectivity index (χ3v) is 2.58. The van der Waals surface area contributed by atoms with Gasteiger partial charge in [-0.25, -0.2) is 0 Å². The average Bonchev–Trinajstić information content (AvgIpc) is 2.80. The predicted molar refractivity (Wildman–Crippen MR) is 100 cm³/mol. The van der Waals surface area contributed by atoms with Crippen LogP contribution >= 0.6 is 24.8 Å². The Morgan fingerprint density at radius 1 is 1.05 bits per heavy atom. The fourth-order valence-corrected chi connectivity index (χ4v) is 1.85. The summed E-state index contributed by atoms with van der Waals surface area (Å²) in [5.41, 5.74) is 10.9. The van der Waals surface area contributed by atoms with Gasteiger partial charge in [-0.1, -0.05) is 64.5 Å². The summed E-state index contributed by atoms with van der Waals surface area (Å²) in [6, 6.07) is 8.63. The molecule has 0 aliphatic heterocycles. The Morgan fingerprint density at radius 2 is 1.55 bits per heavy atom. The molecule has 1 aliphatic carbocycles. The molecule has 1 N–H and O–H groups in total. The van der Waals surface area contributed by atoms with Crippen molar-refractivity contribution in [1.82, 2.24) is 0 Å². The van der Waals surface area contributed by atoms with Crippen LogP contribution < -0.4 is 0 Å². The van der Waals surface area contributed by atoms with Gasteiger partial charge >= 0.3 is 21.7 Å². The van der Waals surface area contributed by atoms with E-state index in [0.717, 1.165) is 6.42 Å². The van der Waals surface area contributed by atoms with Crippen molar-refractivity contribution < 1.29 is 21.7 Å². The molecule has 1 aromatic rings. The number of rotatable bonds is 2. The van der Waals surface area contributed by atoms with Gasteiger partial charge in [-0.3, -0.25) is 0 Å². The zero-order valence-electron chi connectivity index (χ0n) is 14.1. The van der Waals surface area contributed by atoms with Gasteiger partial charge in [0, 0.05) is 0 Å². The molecule has 4 heteroatoms. The second kappa shape index (κ2) is 12.3. The normalized spacial score (nSPS) is 11.8. The second-order valence-electron chi connectivity index (χ2n) is 6.12. The van der Waals surface area contributed by atoms with Crippen LogP contribution in [0.2, 0.25) is 0 Å². The minimum absolute atomic E-state index is 0. The van der Waals surface area contributed by atoms with E-state index >= 15 is 0 Å². The number of benzene rings is 1. The Balaban J connectivity index is -0.000000401. The van der Waals surface area contributed by atoms with Crippen molar-refractivity contribution in [3.8, 4) is 0 Å². The van der Waals surface area contributed by atoms with E-state index in [0.29, 0.717) is 0 Å². The van der Waals surface area contributed by atoms with E-state index < -0.39 is 0 Å². The maximum atomic E-state index is 6.94. The van der Waals surface area contributed by atoms with Gasteiger partial charge < -0.3 is 5.73 Å². The van der Waals surface area contributed by atoms with E-state index in [1.165, 1.54) is 22.6 Å². The third kappa shape index (κ3) is 10.5. The van der Waals surface area contributed by atoms with Crippen molar-refractivity contribution in [2.75, 3.05) is 0 Å². The number of allylic oxidation sites excluding steroid dienone is 4. The molecular formula is C18H27Cl2NTi. The first kappa shape index (κ1) is 26.7. The summed E-state index contributed by atoms with van der Waals surface area (Å²) in [6.45, 7) is 9.90. The van der Waals surface area contributed by atoms with Crippen molar-refractivity contribution in [1.29, 1.82) is 0 Å². The third-order valence-electron chi connectivity index (χ3n) is 2.58. The van der Waals surface area contributed by atoms with Gasteiger partial charge in [0.15, 0.2) is 0 Å². The zero-order chi connectivity index (χ0) is 14.5. The van der Waals surface area contributed by atoms with Crippen LogP contribution in [0.15, 0.2) is 42.5 Å². The first-order valence-electron chi connectivity index (χ1n) is 6.79. The molecule has 0 amide bonds. The standard InChI is InChI=1S/C14H15.C4H10N.2ClH.Ti/c1-11(2)13-9-5-6-10-14(13)12-7-3-4-8-12;1-4(2,3)5;;;/h3-7,9-10H,8H2,1-2H3;5H,1-3H3;2*1H;/q2*-1;;;+2. The summed E-state index contributed by atoms with van der Waals surface area (Å²) < 4.78 is 0. The molecule has 1 aliphatic rings. The Labute approximate surface area is 163 Å². The summed E-state index contributed by atoms with van der Waals surface area (Å²) in [6.07, 6.45) is 7.63. The molecule has 0 atom stereocenters. The van der Waals surface area contributed by atoms with Crippen LogP contribution in [0.25, 0.3) is 11.3 Å². The molecule has 0 bridgehead atoms. The molecule has 1 aromatic carbocycles. The Bertz CT molecular complexity index is 468. The van der Waals surface area contributed by atoms with Crippen LogP contribution in [0, 0.1) is 5.92 Å². The summed E-state index contributed by atoms with van der Waals surface area (Å²) in [5.74, 6) is 1.38. The molecule has 122 valence electrons. The number of hydrogen-bond donors (Lipinski definition) is 0. The maximum absolute atomic E-state index is 6.94. The average molecular weight is 376 g/mol. The molecule has 1 nitrogen and oxygen atoms in total. The molecule has 0 radical (unpaired) electrons. The minimum Gasteiger partial charge on any atom is -0.673 e. The summed E-state index contributed by atoms with van der Waals surface area (Å²) in [4.78, 5) is 0. The molecule has 0 unspecified atom stereocenters. The first-order chi connectivity index (χ1) is 8.79. The van der Waals surface area contributed by atoms with Gasteiger partial charge in [-0.05, 0) is 6.42 Å². The van der Waals surface area contributed by atoms with Gasteiger partial charge in [-0.15, -0.1) is 48.0 Å². The van der Waals surface area contributed by atoms with E-state index in [1.54, 1.807) is 0 Å². The molecule has 0 aromatic heterocycles. The largest absolute Gasteiger partial charge is 2.00 e. The van der Waals surface area contributed by atoms with Crippen LogP contribution in [0.5, 0.6) is 0 Å². The topological polar surface area (TPSA) is 23.8 Å². The van der Waals surface area contributed by atoms with Crippen molar-refractivity contribution >= 4 is 30.4 Å². The smallest absolute Gasteiger partial charge is 0.673 e. The molecule has 0 heterocycles. The zero-order valence-corrected chi connectivity index (χ0v) is 17.3. The summed E-state index contributed by atoms with van der Waals surface area (Å²) >= 11 is 0. The van der Waals surface area contributed by atoms with Gasteiger partial charge in [0.2, 0.25) is 0 Å². The maximum Gasteiger partial charge on any atom is 2.00 e. The van der Waals surface area contributed by atoms with E-state index in [-0.39, 0.29) is 52.1 Å². The minimum atomic E-state index is -0.250. The van der Waals surface area contributed by atoms with Crippen LogP contribution in [0.4, 0.5) is 0 Å². The molecule has 0 spiro atoms. The van der Waals surface area contributed by atoms with E-state index in [4.69, 9.17) is 5.73 Å². The van der Waals surface area contributed by atoms with Gasteiger partial charge in [0.25, 0.3) is 0 Å². The quantitative estimate of drug-likeness (QED) is 0.407. The van der Waals surface area contributed by atoms with Crippen molar-refractivity contribution in [3.05, 3.63) is 65.3 Å². The summed E-state index contributed by atoms with van der Waals surface area (Å²) in [7, 11) is 0. The molecule has 22 heavy (non-hydrogen) atoms. The van der Waals surface area contributed by atoms with Crippen LogP contribution in [-0.4, -0.2) is 5.54 Å². The fraction of sp³-hybridized carbons (Fsp3) is 0.389. The van der Waals surface area contributed by atoms with Crippen molar-refractivity contribution in [2.45, 2.75) is 46.6 Å². The van der Waals surface area contributed by atoms with Crippen molar-refractivity contribution in [3.63, 3.8) is 0 Å². The van der Waals surface area contributed by atoms with E-state index in [2.05, 4.69) is 56.3 Å². The van der Waals surface area contributed by atoms with E-state index in [1.807, 2.05) is 20.8 Å². The molecule has 0 saturated heterocycles. The monoisotopic (exact) mass is 375 g/mol. The van der Waals surface area contributed by atoms with Crippen molar-refractivity contribution in [2.24, 2.45) is 0 Å². The molecule has 2 rings (SSSR count). The first-order valence-corrected chi connectivity index (χ1v) is 6.79. The molecule has 0 saturated carbocycles. The number of halogens is 2. The van der Waals surface area contributed by atoms with Crippen LogP contribution in [0.3, 0.4) is 0 Å². The molecular weight excluding hydrogens is 349 g/mol.